The Kier molecular flexibility index (Phi) is 7.15. The molecule has 11 nitrogen and oxygen atoms in total. The molecule has 0 spiro atoms. The van der Waals surface area contributed by atoms with Crippen LogP contribution in [-0.2, 0) is 10.0 Å². The molecule has 1 N–H and O–H groups in total. The van der Waals surface area contributed by atoms with E-state index in [1.807, 2.05) is 6.92 Å². The Bertz CT molecular complexity index is 1470. The number of ether oxygens (including phenoxy) is 3. The number of hydrogen-bond acceptors (Lipinski definition) is 9. The molecule has 0 fully saturated rings. The van der Waals surface area contributed by atoms with Crippen molar-refractivity contribution in [1.82, 2.24) is 24.5 Å². The van der Waals surface area contributed by atoms with Crippen molar-refractivity contribution < 1.29 is 27.4 Å². The monoisotopic (exact) mass is 509 g/mol. The van der Waals surface area contributed by atoms with Gasteiger partial charge in [0.2, 0.25) is 11.7 Å². The summed E-state index contributed by atoms with van der Waals surface area (Å²) in [6.07, 6.45) is 0. The van der Waals surface area contributed by atoms with Gasteiger partial charge in [0.1, 0.15) is 22.9 Å². The molecule has 36 heavy (non-hydrogen) atoms. The highest BCUT2D eigenvalue weighted by atomic mass is 32.2. The molecule has 0 saturated heterocycles. The molecule has 0 atom stereocenters. The maximum Gasteiger partial charge on any atom is 0.303 e. The molecule has 0 aliphatic rings. The maximum atomic E-state index is 13.3. The van der Waals surface area contributed by atoms with Crippen molar-refractivity contribution in [3.8, 4) is 34.6 Å². The first-order valence-electron chi connectivity index (χ1n) is 10.8. The van der Waals surface area contributed by atoms with Gasteiger partial charge >= 0.3 is 5.91 Å². The van der Waals surface area contributed by atoms with Gasteiger partial charge in [-0.05, 0) is 37.3 Å². The summed E-state index contributed by atoms with van der Waals surface area (Å²) in [5.74, 6) is -0.189. The van der Waals surface area contributed by atoms with Crippen LogP contribution in [0.15, 0.2) is 71.6 Å². The number of rotatable bonds is 9. The van der Waals surface area contributed by atoms with E-state index in [1.54, 1.807) is 54.6 Å². The number of benzene rings is 2. The zero-order valence-corrected chi connectivity index (χ0v) is 20.5. The lowest BCUT2D eigenvalue weighted by molar-refractivity contribution is 0.0969. The summed E-state index contributed by atoms with van der Waals surface area (Å²) in [5.41, 5.74) is 0.611. The number of nitrogens with one attached hydrogen (secondary N) is 1. The third-order valence-corrected chi connectivity index (χ3v) is 6.36. The van der Waals surface area contributed by atoms with Crippen LogP contribution < -0.4 is 18.9 Å². The van der Waals surface area contributed by atoms with E-state index in [4.69, 9.17) is 14.2 Å². The lowest BCUT2D eigenvalue weighted by atomic mass is 10.2. The molecule has 0 bridgehead atoms. The SMILES string of the molecule is CCOc1cccc(-c2nnc(C(=O)NS(=O)(=O)c3ccccc3)n2-c2c(OC)cccc2OC)n1. The number of aromatic nitrogens is 4. The topological polar surface area (TPSA) is 135 Å². The van der Waals surface area contributed by atoms with Crippen LogP contribution >= 0.6 is 0 Å². The van der Waals surface area contributed by atoms with Crippen molar-refractivity contribution in [2.75, 3.05) is 20.8 Å². The van der Waals surface area contributed by atoms with E-state index >= 15 is 0 Å². The summed E-state index contributed by atoms with van der Waals surface area (Å²) < 4.78 is 45.6. The van der Waals surface area contributed by atoms with Crippen LogP contribution in [0, 0.1) is 0 Å². The highest BCUT2D eigenvalue weighted by Crippen LogP contribution is 2.36. The molecule has 0 radical (unpaired) electrons. The zero-order valence-electron chi connectivity index (χ0n) is 19.7. The van der Waals surface area contributed by atoms with Crippen LogP contribution in [0.3, 0.4) is 0 Å². The molecule has 12 heteroatoms. The van der Waals surface area contributed by atoms with Gasteiger partial charge in [-0.3, -0.25) is 9.36 Å². The Labute approximate surface area is 207 Å². The summed E-state index contributed by atoms with van der Waals surface area (Å²) in [6, 6.07) is 17.6. The molecule has 2 aromatic heterocycles. The van der Waals surface area contributed by atoms with Gasteiger partial charge in [0.15, 0.2) is 5.82 Å². The van der Waals surface area contributed by atoms with Crippen molar-refractivity contribution in [2.45, 2.75) is 11.8 Å². The number of pyridine rings is 1. The third kappa shape index (κ3) is 4.84. The average Bonchev–Trinajstić information content (AvgIpc) is 3.34. The molecule has 186 valence electrons. The minimum Gasteiger partial charge on any atom is -0.494 e. The fourth-order valence-corrected chi connectivity index (χ4v) is 4.42. The smallest absolute Gasteiger partial charge is 0.303 e. The minimum absolute atomic E-state index is 0.0782. The third-order valence-electron chi connectivity index (χ3n) is 5.02. The second kappa shape index (κ2) is 10.4. The quantitative estimate of drug-likeness (QED) is 0.361. The normalized spacial score (nSPS) is 11.1. The van der Waals surface area contributed by atoms with E-state index in [-0.39, 0.29) is 22.2 Å². The first-order valence-corrected chi connectivity index (χ1v) is 12.3. The predicted molar refractivity (Wildman–Crippen MR) is 130 cm³/mol. The average molecular weight is 510 g/mol. The lowest BCUT2D eigenvalue weighted by Gasteiger charge is -2.17. The highest BCUT2D eigenvalue weighted by Gasteiger charge is 2.29. The standard InChI is InChI=1S/C24H23N5O6S/c1-4-35-20-15-8-12-17(25-20)22-26-27-23(24(30)28-36(31,32)16-10-6-5-7-11-16)29(22)21-18(33-2)13-9-14-19(21)34-3/h5-15H,4H2,1-3H3,(H,28,30). The Hall–Kier alpha value is -4.45. The molecule has 2 heterocycles. The highest BCUT2D eigenvalue weighted by molar-refractivity contribution is 7.90. The van der Waals surface area contributed by atoms with Crippen LogP contribution in [0.5, 0.6) is 17.4 Å². The number of amides is 1. The number of hydrogen-bond donors (Lipinski definition) is 1. The van der Waals surface area contributed by atoms with Gasteiger partial charge in [-0.25, -0.2) is 18.1 Å². The molecule has 4 rings (SSSR count). The molecule has 0 aliphatic heterocycles. The Balaban J connectivity index is 1.90. The van der Waals surface area contributed by atoms with Crippen LogP contribution in [-0.4, -0.2) is 54.9 Å². The molecular formula is C24H23N5O6S. The van der Waals surface area contributed by atoms with Gasteiger partial charge in [-0.2, -0.15) is 0 Å². The van der Waals surface area contributed by atoms with Gasteiger partial charge in [-0.15, -0.1) is 10.2 Å². The van der Waals surface area contributed by atoms with Crippen LogP contribution in [0.25, 0.3) is 17.2 Å². The van der Waals surface area contributed by atoms with Crippen molar-refractivity contribution in [3.63, 3.8) is 0 Å². The van der Waals surface area contributed by atoms with E-state index in [0.717, 1.165) is 0 Å². The molecule has 0 unspecified atom stereocenters. The summed E-state index contributed by atoms with van der Waals surface area (Å²) in [6.45, 7) is 2.22. The minimum atomic E-state index is -4.19. The number of carbonyl (C=O) groups is 1. The van der Waals surface area contributed by atoms with Crippen molar-refractivity contribution >= 4 is 15.9 Å². The first kappa shape index (κ1) is 24.7. The van der Waals surface area contributed by atoms with Gasteiger partial charge in [0.05, 0.1) is 25.7 Å². The first-order chi connectivity index (χ1) is 17.4. The summed E-state index contributed by atoms with van der Waals surface area (Å²) in [5, 5.41) is 8.18. The predicted octanol–water partition coefficient (Wildman–Crippen LogP) is 2.86. The Morgan fingerprint density at radius 1 is 0.917 bits per heavy atom. The molecule has 1 amide bonds. The number of sulfonamides is 1. The van der Waals surface area contributed by atoms with Crippen molar-refractivity contribution in [2.24, 2.45) is 0 Å². The van der Waals surface area contributed by atoms with E-state index < -0.39 is 15.9 Å². The molecule has 2 aromatic carbocycles. The Morgan fingerprint density at radius 2 is 1.58 bits per heavy atom. The van der Waals surface area contributed by atoms with E-state index in [0.29, 0.717) is 29.7 Å². The van der Waals surface area contributed by atoms with E-state index in [1.165, 1.54) is 30.9 Å². The van der Waals surface area contributed by atoms with Crippen LogP contribution in [0.2, 0.25) is 0 Å². The molecule has 0 aliphatic carbocycles. The maximum absolute atomic E-state index is 13.3. The summed E-state index contributed by atoms with van der Waals surface area (Å²) in [7, 11) is -1.28. The van der Waals surface area contributed by atoms with Gasteiger partial charge in [-0.1, -0.05) is 30.3 Å². The molecule has 0 saturated carbocycles. The van der Waals surface area contributed by atoms with E-state index in [9.17, 15) is 13.2 Å². The van der Waals surface area contributed by atoms with Crippen molar-refractivity contribution in [3.05, 3.63) is 72.6 Å². The van der Waals surface area contributed by atoms with Crippen LogP contribution in [0.1, 0.15) is 17.5 Å². The lowest BCUT2D eigenvalue weighted by Crippen LogP contribution is -2.32. The Morgan fingerprint density at radius 3 is 2.22 bits per heavy atom. The molecule has 4 aromatic rings. The fraction of sp³-hybridized carbons (Fsp3) is 0.167. The van der Waals surface area contributed by atoms with E-state index in [2.05, 4.69) is 19.9 Å². The number of methoxy groups -OCH3 is 2. The number of nitrogens with zero attached hydrogens (tertiary/aromatic N) is 4. The van der Waals surface area contributed by atoms with Gasteiger partial charge in [0, 0.05) is 6.07 Å². The summed E-state index contributed by atoms with van der Waals surface area (Å²) >= 11 is 0. The fourth-order valence-electron chi connectivity index (χ4n) is 3.45. The second-order valence-electron chi connectivity index (χ2n) is 7.24. The number of para-hydroxylation sites is 1. The molecular weight excluding hydrogens is 486 g/mol. The summed E-state index contributed by atoms with van der Waals surface area (Å²) in [4.78, 5) is 17.7. The van der Waals surface area contributed by atoms with Crippen molar-refractivity contribution in [1.29, 1.82) is 0 Å². The van der Waals surface area contributed by atoms with Gasteiger partial charge in [0.25, 0.3) is 10.0 Å². The largest absolute Gasteiger partial charge is 0.494 e. The van der Waals surface area contributed by atoms with Crippen LogP contribution in [0.4, 0.5) is 0 Å². The number of carbonyl (C=O) groups excluding carboxylic acids is 1. The zero-order chi connectivity index (χ0) is 25.7. The second-order valence-corrected chi connectivity index (χ2v) is 8.92. The van der Waals surface area contributed by atoms with Gasteiger partial charge < -0.3 is 14.2 Å².